The molecule has 0 aliphatic carbocycles. The van der Waals surface area contributed by atoms with E-state index in [1.54, 1.807) is 18.2 Å². The van der Waals surface area contributed by atoms with Crippen LogP contribution in [0.5, 0.6) is 0 Å². The van der Waals surface area contributed by atoms with Gasteiger partial charge in [-0.05, 0) is 67.5 Å². The SMILES string of the molecule is CS(=O)(=O)Nc1ccc2c(C(=O)C[C@@H]3CN4CCC3CC4)nsc2c1. The van der Waals surface area contributed by atoms with Crippen molar-refractivity contribution in [2.45, 2.75) is 19.3 Å². The van der Waals surface area contributed by atoms with Gasteiger partial charge in [-0.15, -0.1) is 0 Å². The summed E-state index contributed by atoms with van der Waals surface area (Å²) in [5, 5.41) is 0.815. The second kappa shape index (κ2) is 6.34. The Morgan fingerprint density at radius 1 is 1.36 bits per heavy atom. The van der Waals surface area contributed by atoms with Gasteiger partial charge < -0.3 is 4.90 Å². The number of carbonyl (C=O) groups is 1. The Bertz CT molecular complexity index is 914. The molecule has 1 N–H and O–H groups in total. The van der Waals surface area contributed by atoms with Crippen molar-refractivity contribution < 1.29 is 13.2 Å². The van der Waals surface area contributed by atoms with Crippen molar-refractivity contribution in [3.8, 4) is 0 Å². The van der Waals surface area contributed by atoms with Gasteiger partial charge in [-0.3, -0.25) is 9.52 Å². The second-order valence-corrected chi connectivity index (χ2v) is 9.70. The number of hydrogen-bond acceptors (Lipinski definition) is 6. The van der Waals surface area contributed by atoms with Gasteiger partial charge in [0.2, 0.25) is 10.0 Å². The highest BCUT2D eigenvalue weighted by atomic mass is 32.2. The predicted octanol–water partition coefficient (Wildman–Crippen LogP) is 2.58. The Balaban J connectivity index is 1.54. The van der Waals surface area contributed by atoms with E-state index in [0.29, 0.717) is 29.6 Å². The lowest BCUT2D eigenvalue weighted by Crippen LogP contribution is -2.47. The third kappa shape index (κ3) is 3.56. The summed E-state index contributed by atoms with van der Waals surface area (Å²) in [4.78, 5) is 15.3. The van der Waals surface area contributed by atoms with E-state index in [2.05, 4.69) is 14.0 Å². The molecule has 1 atom stereocenters. The van der Waals surface area contributed by atoms with Crippen molar-refractivity contribution in [1.29, 1.82) is 0 Å². The molecule has 0 unspecified atom stereocenters. The molecule has 2 aromatic rings. The number of fused-ring (bicyclic) bond motifs is 4. The van der Waals surface area contributed by atoms with Crippen molar-refractivity contribution in [2.24, 2.45) is 11.8 Å². The molecule has 25 heavy (non-hydrogen) atoms. The third-order valence-corrected chi connectivity index (χ3v) is 6.69. The van der Waals surface area contributed by atoms with Gasteiger partial charge in [-0.1, -0.05) is 0 Å². The minimum absolute atomic E-state index is 0.105. The van der Waals surface area contributed by atoms with E-state index in [9.17, 15) is 13.2 Å². The lowest BCUT2D eigenvalue weighted by Gasteiger charge is -2.44. The fraction of sp³-hybridized carbons (Fsp3) is 0.529. The Morgan fingerprint density at radius 3 is 2.76 bits per heavy atom. The van der Waals surface area contributed by atoms with Gasteiger partial charge in [0.05, 0.1) is 11.0 Å². The van der Waals surface area contributed by atoms with E-state index in [1.165, 1.54) is 37.5 Å². The standard InChI is InChI=1S/C17H21N3O3S2/c1-25(22,23)19-13-2-3-14-16(9-13)24-18-17(14)15(21)8-12-10-20-6-4-11(12)5-7-20/h2-3,9,11-12,19H,4-8,10H2,1H3/t12-/m1/s1. The normalized spacial score (nSPS) is 26.0. The molecule has 3 saturated heterocycles. The maximum atomic E-state index is 12.8. The molecule has 0 radical (unpaired) electrons. The molecule has 0 amide bonds. The summed E-state index contributed by atoms with van der Waals surface area (Å²) >= 11 is 1.24. The van der Waals surface area contributed by atoms with E-state index in [4.69, 9.17) is 0 Å². The molecule has 134 valence electrons. The number of sulfonamides is 1. The first-order chi connectivity index (χ1) is 11.9. The largest absolute Gasteiger partial charge is 0.303 e. The zero-order chi connectivity index (χ0) is 17.6. The maximum Gasteiger partial charge on any atom is 0.229 e. The van der Waals surface area contributed by atoms with Crippen LogP contribution in [0.1, 0.15) is 29.8 Å². The van der Waals surface area contributed by atoms with Gasteiger partial charge in [0.25, 0.3) is 0 Å². The molecule has 3 fully saturated rings. The number of carbonyl (C=O) groups excluding carboxylic acids is 1. The number of hydrogen-bond donors (Lipinski definition) is 1. The summed E-state index contributed by atoms with van der Waals surface area (Å²) in [6.07, 6.45) is 4.09. The quantitative estimate of drug-likeness (QED) is 0.808. The number of aromatic nitrogens is 1. The Labute approximate surface area is 151 Å². The summed E-state index contributed by atoms with van der Waals surface area (Å²) in [5.74, 6) is 1.22. The molecule has 0 saturated carbocycles. The highest BCUT2D eigenvalue weighted by Crippen LogP contribution is 2.36. The zero-order valence-electron chi connectivity index (χ0n) is 14.1. The molecule has 1 aromatic heterocycles. The number of piperidine rings is 3. The number of nitrogens with one attached hydrogen (secondary N) is 1. The maximum absolute atomic E-state index is 12.8. The van der Waals surface area contributed by atoms with Crippen LogP contribution in [0.3, 0.4) is 0 Å². The molecule has 5 rings (SSSR count). The number of Topliss-reactive ketones (excluding diaryl/α,β-unsaturated/α-hetero) is 1. The molecule has 1 aromatic carbocycles. The van der Waals surface area contributed by atoms with E-state index >= 15 is 0 Å². The first kappa shape index (κ1) is 16.9. The number of anilines is 1. The molecule has 2 bridgehead atoms. The number of benzene rings is 1. The molecule has 3 aliphatic heterocycles. The van der Waals surface area contributed by atoms with Gasteiger partial charge in [0.1, 0.15) is 5.69 Å². The van der Waals surface area contributed by atoms with Gasteiger partial charge in [0.15, 0.2) is 5.78 Å². The molecular weight excluding hydrogens is 358 g/mol. The van der Waals surface area contributed by atoms with Gasteiger partial charge in [-0.2, -0.15) is 4.37 Å². The van der Waals surface area contributed by atoms with Crippen LogP contribution in [-0.2, 0) is 10.0 Å². The highest BCUT2D eigenvalue weighted by molar-refractivity contribution is 7.92. The summed E-state index contributed by atoms with van der Waals surface area (Å²) in [6, 6.07) is 5.21. The molecule has 8 heteroatoms. The van der Waals surface area contributed by atoms with Gasteiger partial charge in [0, 0.05) is 24.0 Å². The number of rotatable bonds is 5. The van der Waals surface area contributed by atoms with E-state index in [0.717, 1.165) is 22.9 Å². The van der Waals surface area contributed by atoms with Crippen LogP contribution >= 0.6 is 11.5 Å². The van der Waals surface area contributed by atoms with Crippen molar-refractivity contribution in [1.82, 2.24) is 9.27 Å². The smallest absolute Gasteiger partial charge is 0.229 e. The summed E-state index contributed by atoms with van der Waals surface area (Å²) in [7, 11) is -3.32. The van der Waals surface area contributed by atoms with Gasteiger partial charge in [-0.25, -0.2) is 8.42 Å². The van der Waals surface area contributed by atoms with Crippen LogP contribution in [0.25, 0.3) is 10.1 Å². The Kier molecular flexibility index (Phi) is 4.29. The Hall–Kier alpha value is -1.51. The minimum atomic E-state index is -3.32. The molecule has 3 aliphatic rings. The molecule has 6 nitrogen and oxygen atoms in total. The second-order valence-electron chi connectivity index (χ2n) is 7.14. The van der Waals surface area contributed by atoms with Crippen LogP contribution in [0.4, 0.5) is 5.69 Å². The lowest BCUT2D eigenvalue weighted by molar-refractivity contribution is 0.0440. The van der Waals surface area contributed by atoms with E-state index < -0.39 is 10.0 Å². The van der Waals surface area contributed by atoms with Crippen LogP contribution in [0.2, 0.25) is 0 Å². The predicted molar refractivity (Wildman–Crippen MR) is 99.7 cm³/mol. The van der Waals surface area contributed by atoms with Crippen molar-refractivity contribution in [2.75, 3.05) is 30.6 Å². The summed E-state index contributed by atoms with van der Waals surface area (Å²) in [6.45, 7) is 3.37. The van der Waals surface area contributed by atoms with E-state index in [-0.39, 0.29) is 5.78 Å². The van der Waals surface area contributed by atoms with Crippen molar-refractivity contribution >= 4 is 43.1 Å². The van der Waals surface area contributed by atoms with Crippen LogP contribution < -0.4 is 4.72 Å². The topological polar surface area (TPSA) is 79.4 Å². The first-order valence-corrected chi connectivity index (χ1v) is 11.2. The average Bonchev–Trinajstić information content (AvgIpc) is 2.97. The van der Waals surface area contributed by atoms with Crippen molar-refractivity contribution in [3.05, 3.63) is 23.9 Å². The number of ketones is 1. The summed E-state index contributed by atoms with van der Waals surface area (Å²) < 4.78 is 30.3. The number of nitrogens with zero attached hydrogens (tertiary/aromatic N) is 2. The molecule has 0 spiro atoms. The lowest BCUT2D eigenvalue weighted by atomic mass is 9.76. The monoisotopic (exact) mass is 379 g/mol. The average molecular weight is 380 g/mol. The third-order valence-electron chi connectivity index (χ3n) is 5.28. The minimum Gasteiger partial charge on any atom is -0.303 e. The van der Waals surface area contributed by atoms with Crippen LogP contribution in [0.15, 0.2) is 18.2 Å². The van der Waals surface area contributed by atoms with Crippen LogP contribution in [-0.4, -0.2) is 49.4 Å². The fourth-order valence-electron chi connectivity index (χ4n) is 4.07. The molecule has 4 heterocycles. The van der Waals surface area contributed by atoms with Gasteiger partial charge >= 0.3 is 0 Å². The Morgan fingerprint density at radius 2 is 2.12 bits per heavy atom. The zero-order valence-corrected chi connectivity index (χ0v) is 15.7. The first-order valence-electron chi connectivity index (χ1n) is 8.52. The van der Waals surface area contributed by atoms with Crippen LogP contribution in [0, 0.1) is 11.8 Å². The highest BCUT2D eigenvalue weighted by Gasteiger charge is 2.35. The fourth-order valence-corrected chi connectivity index (χ4v) is 5.46. The van der Waals surface area contributed by atoms with E-state index in [1.807, 2.05) is 0 Å². The summed E-state index contributed by atoms with van der Waals surface area (Å²) in [5.41, 5.74) is 1.03. The van der Waals surface area contributed by atoms with Crippen molar-refractivity contribution in [3.63, 3.8) is 0 Å². The molecular formula is C17H21N3O3S2.